The number of fused-ring (bicyclic) bond motifs is 2. The summed E-state index contributed by atoms with van der Waals surface area (Å²) in [6.45, 7) is 3.11. The first kappa shape index (κ1) is 19.4. The maximum Gasteiger partial charge on any atom is 0.226 e. The highest BCUT2D eigenvalue weighted by Crippen LogP contribution is 2.33. The van der Waals surface area contributed by atoms with Crippen LogP contribution in [0.25, 0.3) is 11.3 Å². The van der Waals surface area contributed by atoms with Crippen LogP contribution >= 0.6 is 12.4 Å². The van der Waals surface area contributed by atoms with Gasteiger partial charge in [0.1, 0.15) is 0 Å². The van der Waals surface area contributed by atoms with Crippen LogP contribution in [0.1, 0.15) is 30.5 Å². The topological polar surface area (TPSA) is 70.2 Å². The Labute approximate surface area is 171 Å². The highest BCUT2D eigenvalue weighted by Gasteiger charge is 2.38. The summed E-state index contributed by atoms with van der Waals surface area (Å²) >= 11 is 0. The van der Waals surface area contributed by atoms with E-state index in [-0.39, 0.29) is 24.4 Å². The number of nitrogens with zero attached hydrogens (tertiary/aromatic N) is 2. The molecule has 7 heteroatoms. The largest absolute Gasteiger partial charge is 0.375 e. The van der Waals surface area contributed by atoms with Gasteiger partial charge in [-0.2, -0.15) is 5.10 Å². The lowest BCUT2D eigenvalue weighted by atomic mass is 9.82. The number of nitrogens with one attached hydrogen (secondary N) is 2. The van der Waals surface area contributed by atoms with Crippen molar-refractivity contribution in [3.8, 4) is 11.3 Å². The number of rotatable bonds is 2. The quantitative estimate of drug-likeness (QED) is 0.809. The molecule has 1 aliphatic carbocycles. The van der Waals surface area contributed by atoms with Crippen molar-refractivity contribution in [2.45, 2.75) is 44.4 Å². The molecule has 5 rings (SSSR count). The van der Waals surface area contributed by atoms with E-state index in [1.54, 1.807) is 0 Å². The fraction of sp³-hybridized carbons (Fsp3) is 0.524. The van der Waals surface area contributed by atoms with E-state index < -0.39 is 0 Å². The second-order valence-electron chi connectivity index (χ2n) is 7.88. The maximum atomic E-state index is 13.2. The van der Waals surface area contributed by atoms with E-state index in [1.165, 1.54) is 11.3 Å². The highest BCUT2D eigenvalue weighted by atomic mass is 35.5. The zero-order valence-corrected chi connectivity index (χ0v) is 16.7. The standard InChI is InChI=1S/C21H26N4O2.ClH/c26-21(15-6-7-19-18(12-15)22-9-11-27-19)25-10-8-17-16(13-25)20(24-23-17)14-4-2-1-3-5-14;/h1-5,15,18-19,22H,6-13H2,(H,23,24);1H/t15-,18+,19+;/m0./s1. The van der Waals surface area contributed by atoms with Gasteiger partial charge in [0.05, 0.1) is 18.4 Å². The number of amides is 1. The zero-order chi connectivity index (χ0) is 18.2. The lowest BCUT2D eigenvalue weighted by Crippen LogP contribution is -2.53. The van der Waals surface area contributed by atoms with Crippen molar-refractivity contribution >= 4 is 18.3 Å². The average Bonchev–Trinajstić information content (AvgIpc) is 3.17. The van der Waals surface area contributed by atoms with Crippen LogP contribution in [0.5, 0.6) is 0 Å². The number of ether oxygens (including phenoxy) is 1. The van der Waals surface area contributed by atoms with Crippen LogP contribution in [0.4, 0.5) is 0 Å². The normalized spacial score (nSPS) is 26.7. The molecule has 0 radical (unpaired) electrons. The SMILES string of the molecule is Cl.O=C([C@H]1CC[C@H]2OCCN[C@@H]2C1)N1CCc2[nH]nc(-c3ccccc3)c2C1. The van der Waals surface area contributed by atoms with Crippen molar-refractivity contribution in [3.63, 3.8) is 0 Å². The predicted molar refractivity (Wildman–Crippen MR) is 109 cm³/mol. The fourth-order valence-corrected chi connectivity index (χ4v) is 4.81. The van der Waals surface area contributed by atoms with Crippen molar-refractivity contribution in [1.29, 1.82) is 0 Å². The third-order valence-corrected chi connectivity index (χ3v) is 6.27. The molecule has 1 aromatic heterocycles. The van der Waals surface area contributed by atoms with Crippen LogP contribution < -0.4 is 5.32 Å². The molecule has 0 spiro atoms. The molecule has 2 aromatic rings. The maximum absolute atomic E-state index is 13.2. The molecule has 0 unspecified atom stereocenters. The lowest BCUT2D eigenvalue weighted by molar-refractivity contribution is -0.140. The Morgan fingerprint density at radius 1 is 1.21 bits per heavy atom. The molecule has 2 N–H and O–H groups in total. The van der Waals surface area contributed by atoms with E-state index in [2.05, 4.69) is 27.6 Å². The molecule has 150 valence electrons. The molecule has 0 bridgehead atoms. The summed E-state index contributed by atoms with van der Waals surface area (Å²) in [6, 6.07) is 10.5. The third-order valence-electron chi connectivity index (χ3n) is 6.27. The van der Waals surface area contributed by atoms with Crippen LogP contribution in [0, 0.1) is 5.92 Å². The Morgan fingerprint density at radius 3 is 2.93 bits per heavy atom. The van der Waals surface area contributed by atoms with Crippen LogP contribution in [0.3, 0.4) is 0 Å². The summed E-state index contributed by atoms with van der Waals surface area (Å²) < 4.78 is 5.86. The molecule has 1 aromatic carbocycles. The van der Waals surface area contributed by atoms with E-state index in [0.29, 0.717) is 18.5 Å². The Hall–Kier alpha value is -1.89. The van der Waals surface area contributed by atoms with E-state index in [0.717, 1.165) is 56.6 Å². The molecule has 2 fully saturated rings. The van der Waals surface area contributed by atoms with Gasteiger partial charge in [0.2, 0.25) is 5.91 Å². The predicted octanol–water partition coefficient (Wildman–Crippen LogP) is 2.54. The second kappa shape index (κ2) is 8.23. The average molecular weight is 403 g/mol. The van der Waals surface area contributed by atoms with Gasteiger partial charge in [0.25, 0.3) is 0 Å². The summed E-state index contributed by atoms with van der Waals surface area (Å²) in [4.78, 5) is 15.3. The highest BCUT2D eigenvalue weighted by molar-refractivity contribution is 5.85. The summed E-state index contributed by atoms with van der Waals surface area (Å²) in [5.41, 5.74) is 4.43. The zero-order valence-electron chi connectivity index (χ0n) is 15.9. The first-order valence-electron chi connectivity index (χ1n) is 10.0. The number of morpholine rings is 1. The number of H-pyrrole nitrogens is 1. The van der Waals surface area contributed by atoms with Gasteiger partial charge in [-0.1, -0.05) is 30.3 Å². The van der Waals surface area contributed by atoms with Gasteiger partial charge in [0.15, 0.2) is 0 Å². The second-order valence-corrected chi connectivity index (χ2v) is 7.88. The van der Waals surface area contributed by atoms with E-state index in [4.69, 9.17) is 4.74 Å². The van der Waals surface area contributed by atoms with E-state index >= 15 is 0 Å². The molecule has 2 aliphatic heterocycles. The third kappa shape index (κ3) is 3.56. The fourth-order valence-electron chi connectivity index (χ4n) is 4.81. The van der Waals surface area contributed by atoms with Gasteiger partial charge in [-0.15, -0.1) is 12.4 Å². The van der Waals surface area contributed by atoms with E-state index in [1.807, 2.05) is 23.1 Å². The molecule has 1 saturated heterocycles. The van der Waals surface area contributed by atoms with Crippen LogP contribution in [0.2, 0.25) is 0 Å². The molecule has 6 nitrogen and oxygen atoms in total. The number of carbonyl (C=O) groups is 1. The first-order chi connectivity index (χ1) is 13.3. The van der Waals surface area contributed by atoms with Crippen molar-refractivity contribution < 1.29 is 9.53 Å². The van der Waals surface area contributed by atoms with Gasteiger partial charge >= 0.3 is 0 Å². The summed E-state index contributed by atoms with van der Waals surface area (Å²) in [5.74, 6) is 0.403. The minimum atomic E-state index is 0. The molecule has 3 heterocycles. The van der Waals surface area contributed by atoms with Gasteiger partial charge in [-0.25, -0.2) is 0 Å². The number of halogens is 1. The van der Waals surface area contributed by atoms with Crippen molar-refractivity contribution in [2.75, 3.05) is 19.7 Å². The number of carbonyl (C=O) groups excluding carboxylic acids is 1. The number of hydrogen-bond donors (Lipinski definition) is 2. The number of benzene rings is 1. The molecular formula is C21H27ClN4O2. The molecular weight excluding hydrogens is 376 g/mol. The number of aromatic nitrogens is 2. The smallest absolute Gasteiger partial charge is 0.226 e. The molecule has 3 atom stereocenters. The van der Waals surface area contributed by atoms with Crippen molar-refractivity contribution in [2.24, 2.45) is 5.92 Å². The Bertz CT molecular complexity index is 825. The van der Waals surface area contributed by atoms with Crippen LogP contribution in [-0.2, 0) is 22.5 Å². The van der Waals surface area contributed by atoms with Crippen molar-refractivity contribution in [3.05, 3.63) is 41.6 Å². The monoisotopic (exact) mass is 402 g/mol. The van der Waals surface area contributed by atoms with Gasteiger partial charge in [-0.05, 0) is 19.3 Å². The minimum Gasteiger partial charge on any atom is -0.375 e. The van der Waals surface area contributed by atoms with Crippen molar-refractivity contribution in [1.82, 2.24) is 20.4 Å². The molecule has 28 heavy (non-hydrogen) atoms. The Morgan fingerprint density at radius 2 is 2.07 bits per heavy atom. The molecule has 3 aliphatic rings. The summed E-state index contributed by atoms with van der Waals surface area (Å²) in [7, 11) is 0. The van der Waals surface area contributed by atoms with Gasteiger partial charge < -0.3 is 15.0 Å². The number of hydrogen-bond acceptors (Lipinski definition) is 4. The van der Waals surface area contributed by atoms with Crippen LogP contribution in [0.15, 0.2) is 30.3 Å². The summed E-state index contributed by atoms with van der Waals surface area (Å²) in [5, 5.41) is 11.3. The van der Waals surface area contributed by atoms with Gasteiger partial charge in [0, 0.05) is 54.8 Å². The lowest BCUT2D eigenvalue weighted by Gasteiger charge is -2.41. The van der Waals surface area contributed by atoms with Gasteiger partial charge in [-0.3, -0.25) is 9.89 Å². The van der Waals surface area contributed by atoms with Crippen LogP contribution in [-0.4, -0.2) is 52.8 Å². The molecule has 1 amide bonds. The molecule has 1 saturated carbocycles. The Balaban J connectivity index is 0.00000192. The number of aromatic amines is 1. The van der Waals surface area contributed by atoms with E-state index in [9.17, 15) is 4.79 Å². The minimum absolute atomic E-state index is 0. The Kier molecular flexibility index (Phi) is 5.71. The first-order valence-corrected chi connectivity index (χ1v) is 10.0. The summed E-state index contributed by atoms with van der Waals surface area (Å²) in [6.07, 6.45) is 3.94.